The molecule has 1 amide bonds. The molecule has 0 bridgehead atoms. The predicted octanol–water partition coefficient (Wildman–Crippen LogP) is 3.68. The lowest BCUT2D eigenvalue weighted by Crippen LogP contribution is -2.46. The number of fused-ring (bicyclic) bond motifs is 1. The summed E-state index contributed by atoms with van der Waals surface area (Å²) in [5, 5.41) is 0.371. The van der Waals surface area contributed by atoms with Gasteiger partial charge < -0.3 is 9.64 Å². The Kier molecular flexibility index (Phi) is 4.86. The summed E-state index contributed by atoms with van der Waals surface area (Å²) >= 11 is 14.0. The predicted molar refractivity (Wildman–Crippen MR) is 104 cm³/mol. The highest BCUT2D eigenvalue weighted by molar-refractivity contribution is 8.01. The summed E-state index contributed by atoms with van der Waals surface area (Å²) in [5.74, 6) is 0.0994. The molecular formula is C18H17Cl2N3O3S. The molecule has 2 saturated heterocycles. The van der Waals surface area contributed by atoms with Crippen molar-refractivity contribution in [3.8, 4) is 5.69 Å². The van der Waals surface area contributed by atoms with Gasteiger partial charge in [-0.3, -0.25) is 9.36 Å². The normalized spacial score (nSPS) is 24.3. The fraction of sp³-hybridized carbons (Fsp3) is 0.389. The van der Waals surface area contributed by atoms with Crippen molar-refractivity contribution in [2.75, 3.05) is 5.75 Å². The van der Waals surface area contributed by atoms with E-state index in [1.165, 1.54) is 0 Å². The number of benzene rings is 1. The monoisotopic (exact) mass is 425 g/mol. The molecule has 0 spiro atoms. The highest BCUT2D eigenvalue weighted by Crippen LogP contribution is 2.47. The zero-order valence-electron chi connectivity index (χ0n) is 14.5. The second-order valence-corrected chi connectivity index (χ2v) is 8.86. The zero-order chi connectivity index (χ0) is 19.2. The molecule has 0 radical (unpaired) electrons. The van der Waals surface area contributed by atoms with E-state index in [1.54, 1.807) is 21.2 Å². The average molecular weight is 426 g/mol. The van der Waals surface area contributed by atoms with Crippen LogP contribution in [-0.4, -0.2) is 43.0 Å². The van der Waals surface area contributed by atoms with Crippen LogP contribution in [-0.2, 0) is 20.9 Å². The molecule has 2 aromatic rings. The van der Waals surface area contributed by atoms with Crippen LogP contribution in [0, 0.1) is 0 Å². The maximum atomic E-state index is 12.7. The standard InChI is InChI=1S/C18H17Cl2N3O3S/c1-18-8-7-14(24)23(18)13(10-27-18)16(25)26-9-12-15(19)21-17(20)22(12)11-5-3-2-4-6-11/h2-6,13H,7-10H2,1H3. The smallest absolute Gasteiger partial charge is 0.330 e. The highest BCUT2D eigenvalue weighted by atomic mass is 35.5. The molecule has 2 atom stereocenters. The molecule has 1 aromatic heterocycles. The number of esters is 1. The Bertz CT molecular complexity index is 905. The van der Waals surface area contributed by atoms with Crippen molar-refractivity contribution in [1.29, 1.82) is 0 Å². The Balaban J connectivity index is 1.53. The lowest BCUT2D eigenvalue weighted by molar-refractivity contribution is -0.154. The maximum Gasteiger partial charge on any atom is 0.330 e. The van der Waals surface area contributed by atoms with E-state index in [1.807, 2.05) is 37.3 Å². The molecular weight excluding hydrogens is 409 g/mol. The maximum absolute atomic E-state index is 12.7. The average Bonchev–Trinajstić information content (AvgIpc) is 3.24. The van der Waals surface area contributed by atoms with Gasteiger partial charge in [-0.05, 0) is 37.1 Å². The fourth-order valence-corrected chi connectivity index (χ4v) is 5.56. The molecule has 3 heterocycles. The van der Waals surface area contributed by atoms with E-state index in [0.717, 1.165) is 12.1 Å². The molecule has 2 unspecified atom stereocenters. The highest BCUT2D eigenvalue weighted by Gasteiger charge is 2.53. The third-order valence-corrected chi connectivity index (χ3v) is 7.03. The Labute approximate surface area is 170 Å². The first kappa shape index (κ1) is 18.7. The van der Waals surface area contributed by atoms with E-state index < -0.39 is 12.0 Å². The van der Waals surface area contributed by atoms with Crippen molar-refractivity contribution in [2.45, 2.75) is 37.3 Å². The molecule has 1 aromatic carbocycles. The molecule has 27 heavy (non-hydrogen) atoms. The van der Waals surface area contributed by atoms with Crippen LogP contribution in [0.5, 0.6) is 0 Å². The SMILES string of the molecule is CC12CCC(=O)N1C(C(=O)OCc1c(Cl)nc(Cl)n1-c1ccccc1)CS2. The number of halogens is 2. The minimum absolute atomic E-state index is 0.000135. The van der Waals surface area contributed by atoms with Gasteiger partial charge in [0.25, 0.3) is 0 Å². The lowest BCUT2D eigenvalue weighted by atomic mass is 10.2. The molecule has 2 fully saturated rings. The van der Waals surface area contributed by atoms with Gasteiger partial charge in [0, 0.05) is 17.9 Å². The first-order valence-electron chi connectivity index (χ1n) is 8.51. The third kappa shape index (κ3) is 3.22. The van der Waals surface area contributed by atoms with Crippen molar-refractivity contribution >= 4 is 46.8 Å². The topological polar surface area (TPSA) is 64.4 Å². The van der Waals surface area contributed by atoms with Gasteiger partial charge in [0.1, 0.15) is 18.3 Å². The van der Waals surface area contributed by atoms with Crippen LogP contribution in [0.1, 0.15) is 25.5 Å². The van der Waals surface area contributed by atoms with Gasteiger partial charge in [-0.1, -0.05) is 29.8 Å². The minimum atomic E-state index is -0.572. The van der Waals surface area contributed by atoms with Crippen molar-refractivity contribution in [1.82, 2.24) is 14.5 Å². The van der Waals surface area contributed by atoms with Gasteiger partial charge in [0.05, 0.1) is 4.87 Å². The number of aromatic nitrogens is 2. The minimum Gasteiger partial charge on any atom is -0.458 e. The van der Waals surface area contributed by atoms with E-state index >= 15 is 0 Å². The van der Waals surface area contributed by atoms with Crippen LogP contribution in [0.15, 0.2) is 30.3 Å². The summed E-state index contributed by atoms with van der Waals surface area (Å²) < 4.78 is 7.16. The third-order valence-electron chi connectivity index (χ3n) is 4.97. The van der Waals surface area contributed by atoms with Crippen LogP contribution in [0.25, 0.3) is 5.69 Å². The fourth-order valence-electron chi connectivity index (χ4n) is 3.59. The van der Waals surface area contributed by atoms with Crippen LogP contribution < -0.4 is 0 Å². The first-order chi connectivity index (χ1) is 12.9. The summed E-state index contributed by atoms with van der Waals surface area (Å²) in [6.07, 6.45) is 1.22. The Morgan fingerprint density at radius 1 is 1.37 bits per heavy atom. The number of imidazole rings is 1. The molecule has 142 valence electrons. The van der Waals surface area contributed by atoms with E-state index in [4.69, 9.17) is 27.9 Å². The van der Waals surface area contributed by atoms with Crippen LogP contribution in [0.3, 0.4) is 0 Å². The number of hydrogen-bond acceptors (Lipinski definition) is 5. The number of amides is 1. The molecule has 4 rings (SSSR count). The zero-order valence-corrected chi connectivity index (χ0v) is 16.9. The van der Waals surface area contributed by atoms with Crippen LogP contribution >= 0.6 is 35.0 Å². The van der Waals surface area contributed by atoms with Crippen LogP contribution in [0.2, 0.25) is 10.4 Å². The van der Waals surface area contributed by atoms with E-state index in [9.17, 15) is 9.59 Å². The van der Waals surface area contributed by atoms with Gasteiger partial charge in [-0.15, -0.1) is 11.8 Å². The number of ether oxygens (including phenoxy) is 1. The van der Waals surface area contributed by atoms with Gasteiger partial charge >= 0.3 is 5.97 Å². The first-order valence-corrected chi connectivity index (χ1v) is 10.3. The summed E-state index contributed by atoms with van der Waals surface area (Å²) in [7, 11) is 0. The van der Waals surface area contributed by atoms with Crippen molar-refractivity contribution in [2.24, 2.45) is 0 Å². The van der Waals surface area contributed by atoms with E-state index in [-0.39, 0.29) is 27.8 Å². The van der Waals surface area contributed by atoms with Gasteiger partial charge in [0.15, 0.2) is 5.15 Å². The number of thioether (sulfide) groups is 1. The van der Waals surface area contributed by atoms with Crippen molar-refractivity contribution < 1.29 is 14.3 Å². The second kappa shape index (κ2) is 7.04. The van der Waals surface area contributed by atoms with E-state index in [2.05, 4.69) is 4.98 Å². The molecule has 0 N–H and O–H groups in total. The van der Waals surface area contributed by atoms with E-state index in [0.29, 0.717) is 17.9 Å². The van der Waals surface area contributed by atoms with Gasteiger partial charge in [-0.25, -0.2) is 9.78 Å². The molecule has 2 aliphatic rings. The number of para-hydroxylation sites is 1. The second-order valence-electron chi connectivity index (χ2n) is 6.66. The number of rotatable bonds is 4. The molecule has 9 heteroatoms. The number of nitrogens with zero attached hydrogens (tertiary/aromatic N) is 3. The van der Waals surface area contributed by atoms with Crippen LogP contribution in [0.4, 0.5) is 0 Å². The lowest BCUT2D eigenvalue weighted by Gasteiger charge is -2.29. The molecule has 6 nitrogen and oxygen atoms in total. The largest absolute Gasteiger partial charge is 0.458 e. The summed E-state index contributed by atoms with van der Waals surface area (Å²) in [5.41, 5.74) is 1.26. The van der Waals surface area contributed by atoms with Crippen molar-refractivity contribution in [3.63, 3.8) is 0 Å². The number of carbonyl (C=O) groups excluding carboxylic acids is 2. The quantitative estimate of drug-likeness (QED) is 0.698. The van der Waals surface area contributed by atoms with Crippen molar-refractivity contribution in [3.05, 3.63) is 46.5 Å². The molecule has 0 saturated carbocycles. The number of carbonyl (C=O) groups is 2. The number of hydrogen-bond donors (Lipinski definition) is 0. The van der Waals surface area contributed by atoms with Gasteiger partial charge in [-0.2, -0.15) is 0 Å². The summed E-state index contributed by atoms with van der Waals surface area (Å²) in [6, 6.07) is 8.76. The Hall–Kier alpha value is -1.70. The van der Waals surface area contributed by atoms with Gasteiger partial charge in [0.2, 0.25) is 11.2 Å². The molecule has 2 aliphatic heterocycles. The Morgan fingerprint density at radius 2 is 2.11 bits per heavy atom. The summed E-state index contributed by atoms with van der Waals surface area (Å²) in [4.78, 5) is 30.3. The molecule has 0 aliphatic carbocycles. The Morgan fingerprint density at radius 3 is 2.85 bits per heavy atom. The summed E-state index contributed by atoms with van der Waals surface area (Å²) in [6.45, 7) is 1.92.